The lowest BCUT2D eigenvalue weighted by atomic mass is 10.0. The van der Waals surface area contributed by atoms with E-state index >= 15 is 0 Å². The van der Waals surface area contributed by atoms with Crippen molar-refractivity contribution in [2.24, 2.45) is 0 Å². The van der Waals surface area contributed by atoms with Gasteiger partial charge >= 0.3 is 0 Å². The average Bonchev–Trinajstić information content (AvgIpc) is 3.68. The number of hydrogen-bond donors (Lipinski definition) is 1. The third kappa shape index (κ3) is 6.24. The number of amides is 2. The summed E-state index contributed by atoms with van der Waals surface area (Å²) in [7, 11) is 0. The second-order valence-corrected chi connectivity index (χ2v) is 8.78. The molecule has 10 heteroatoms. The molecule has 1 atom stereocenters. The molecule has 0 aliphatic rings. The molecule has 1 N–H and O–H groups in total. The highest BCUT2D eigenvalue weighted by molar-refractivity contribution is 6.09. The number of carbonyl (C=O) groups is 2. The van der Waals surface area contributed by atoms with Crippen LogP contribution >= 0.6 is 0 Å². The zero-order valence-corrected chi connectivity index (χ0v) is 20.9. The Morgan fingerprint density at radius 3 is 2.59 bits per heavy atom. The van der Waals surface area contributed by atoms with Crippen molar-refractivity contribution in [3.05, 3.63) is 132 Å². The molecule has 0 aliphatic carbocycles. The van der Waals surface area contributed by atoms with Crippen LogP contribution in [0.15, 0.2) is 109 Å². The lowest BCUT2D eigenvalue weighted by Gasteiger charge is -2.31. The molecule has 5 rings (SSSR count). The summed E-state index contributed by atoms with van der Waals surface area (Å²) in [6.07, 6.45) is 9.53. The number of hydrogen-bond acceptors (Lipinski definition) is 6. The van der Waals surface area contributed by atoms with E-state index in [0.717, 1.165) is 17.5 Å². The fourth-order valence-electron chi connectivity index (χ4n) is 4.24. The Balaban J connectivity index is 1.46. The molecule has 2 aromatic carbocycles. The van der Waals surface area contributed by atoms with E-state index in [1.165, 1.54) is 23.3 Å². The van der Waals surface area contributed by atoms with Gasteiger partial charge in [0.15, 0.2) is 12.1 Å². The first-order chi connectivity index (χ1) is 19.1. The van der Waals surface area contributed by atoms with Crippen LogP contribution in [0.1, 0.15) is 33.2 Å². The van der Waals surface area contributed by atoms with Crippen molar-refractivity contribution in [1.29, 1.82) is 0 Å². The van der Waals surface area contributed by atoms with Gasteiger partial charge in [0.1, 0.15) is 18.1 Å². The maximum Gasteiger partial charge on any atom is 0.281 e. The Kier molecular flexibility index (Phi) is 7.82. The average molecular weight is 525 g/mol. The van der Waals surface area contributed by atoms with Crippen LogP contribution in [0.2, 0.25) is 0 Å². The molecule has 3 aromatic heterocycles. The molecule has 1 unspecified atom stereocenters. The zero-order chi connectivity index (χ0) is 27.0. The van der Waals surface area contributed by atoms with Gasteiger partial charge in [-0.2, -0.15) is 5.10 Å². The second kappa shape index (κ2) is 12.0. The van der Waals surface area contributed by atoms with Gasteiger partial charge in [0, 0.05) is 42.6 Å². The largest absolute Gasteiger partial charge is 0.451 e. The quantitative estimate of drug-likeness (QED) is 0.294. The number of benzene rings is 2. The van der Waals surface area contributed by atoms with E-state index in [-0.39, 0.29) is 18.1 Å². The molecule has 0 fully saturated rings. The summed E-state index contributed by atoms with van der Waals surface area (Å²) in [4.78, 5) is 37.0. The molecule has 0 saturated carbocycles. The fourth-order valence-corrected chi connectivity index (χ4v) is 4.24. The van der Waals surface area contributed by atoms with Crippen LogP contribution in [0.3, 0.4) is 0 Å². The maximum atomic E-state index is 13.7. The molecule has 0 aliphatic heterocycles. The Morgan fingerprint density at radius 2 is 1.90 bits per heavy atom. The Morgan fingerprint density at radius 1 is 1.03 bits per heavy atom. The topological polar surface area (TPSA) is 106 Å². The molecule has 9 nitrogen and oxygen atoms in total. The highest BCUT2D eigenvalue weighted by Crippen LogP contribution is 2.30. The summed E-state index contributed by atoms with van der Waals surface area (Å²) in [5.74, 6) is -1.28. The maximum absolute atomic E-state index is 13.7. The van der Waals surface area contributed by atoms with Crippen LogP contribution in [-0.2, 0) is 17.8 Å². The molecule has 0 radical (unpaired) electrons. The van der Waals surface area contributed by atoms with Crippen molar-refractivity contribution in [3.8, 4) is 0 Å². The van der Waals surface area contributed by atoms with Crippen molar-refractivity contribution >= 4 is 17.5 Å². The predicted molar refractivity (Wildman–Crippen MR) is 141 cm³/mol. The summed E-state index contributed by atoms with van der Waals surface area (Å²) < 4.78 is 20.4. The summed E-state index contributed by atoms with van der Waals surface area (Å²) >= 11 is 0. The predicted octanol–water partition coefficient (Wildman–Crippen LogP) is 4.20. The number of aromatic nitrogens is 4. The lowest BCUT2D eigenvalue weighted by molar-refractivity contribution is -0.122. The summed E-state index contributed by atoms with van der Waals surface area (Å²) in [5, 5.41) is 7.13. The minimum atomic E-state index is -1.06. The van der Waals surface area contributed by atoms with E-state index in [1.54, 1.807) is 59.7 Å². The molecule has 3 heterocycles. The second-order valence-electron chi connectivity index (χ2n) is 8.78. The smallest absolute Gasteiger partial charge is 0.281 e. The van der Waals surface area contributed by atoms with Gasteiger partial charge in [-0.1, -0.05) is 30.3 Å². The van der Waals surface area contributed by atoms with E-state index < -0.39 is 17.9 Å². The standard InChI is InChI=1S/C29H25FN6O3/c30-24-6-1-4-21(16-24)11-14-32-28(37)27(23-5-2-12-31-17-23)36(29(38)26-19-39-20-33-26)25-9-7-22(8-10-25)18-35-15-3-13-34-35/h1-10,12-13,15-17,19-20,27H,11,14,18H2,(H,32,37). The van der Waals surface area contributed by atoms with Crippen molar-refractivity contribution in [3.63, 3.8) is 0 Å². The molecule has 5 aromatic rings. The zero-order valence-electron chi connectivity index (χ0n) is 20.9. The number of nitrogens with zero attached hydrogens (tertiary/aromatic N) is 5. The number of anilines is 1. The van der Waals surface area contributed by atoms with Gasteiger partial charge in [0.2, 0.25) is 5.91 Å². The van der Waals surface area contributed by atoms with E-state index in [1.807, 2.05) is 24.4 Å². The number of nitrogens with one attached hydrogen (secondary N) is 1. The van der Waals surface area contributed by atoms with Crippen molar-refractivity contribution < 1.29 is 18.4 Å². The molecular formula is C29H25FN6O3. The molecule has 39 heavy (non-hydrogen) atoms. The van der Waals surface area contributed by atoms with Gasteiger partial charge in [-0.25, -0.2) is 9.37 Å². The molecular weight excluding hydrogens is 499 g/mol. The van der Waals surface area contributed by atoms with Gasteiger partial charge in [0.05, 0.1) is 6.54 Å². The van der Waals surface area contributed by atoms with Crippen molar-refractivity contribution in [2.45, 2.75) is 19.0 Å². The van der Waals surface area contributed by atoms with Crippen LogP contribution in [0, 0.1) is 5.82 Å². The number of rotatable bonds is 10. The summed E-state index contributed by atoms with van der Waals surface area (Å²) in [6.45, 7) is 0.797. The number of pyridine rings is 1. The monoisotopic (exact) mass is 524 g/mol. The number of carbonyl (C=O) groups excluding carboxylic acids is 2. The molecule has 196 valence electrons. The lowest BCUT2D eigenvalue weighted by Crippen LogP contribution is -2.44. The molecule has 2 amide bonds. The van der Waals surface area contributed by atoms with E-state index in [0.29, 0.717) is 24.2 Å². The van der Waals surface area contributed by atoms with E-state index in [9.17, 15) is 14.0 Å². The van der Waals surface area contributed by atoms with Crippen LogP contribution < -0.4 is 10.2 Å². The minimum absolute atomic E-state index is 0.0528. The first kappa shape index (κ1) is 25.5. The van der Waals surface area contributed by atoms with E-state index in [2.05, 4.69) is 20.4 Å². The van der Waals surface area contributed by atoms with Gasteiger partial charge in [0.25, 0.3) is 5.91 Å². The van der Waals surface area contributed by atoms with Crippen LogP contribution in [0.5, 0.6) is 0 Å². The Labute approximate surface area is 223 Å². The van der Waals surface area contributed by atoms with Gasteiger partial charge < -0.3 is 9.73 Å². The SMILES string of the molecule is O=C(NCCc1cccc(F)c1)C(c1cccnc1)N(C(=O)c1cocn1)c1ccc(Cn2cccn2)cc1. The van der Waals surface area contributed by atoms with Crippen LogP contribution in [0.4, 0.5) is 10.1 Å². The van der Waals surface area contributed by atoms with Crippen molar-refractivity contribution in [1.82, 2.24) is 25.1 Å². The first-order valence-electron chi connectivity index (χ1n) is 12.3. The first-order valence-corrected chi connectivity index (χ1v) is 12.3. The van der Waals surface area contributed by atoms with Crippen molar-refractivity contribution in [2.75, 3.05) is 11.4 Å². The van der Waals surface area contributed by atoms with Gasteiger partial charge in [-0.15, -0.1) is 0 Å². The Hall–Kier alpha value is -5.12. The third-order valence-electron chi connectivity index (χ3n) is 6.10. The minimum Gasteiger partial charge on any atom is -0.451 e. The van der Waals surface area contributed by atoms with Gasteiger partial charge in [-0.05, 0) is 53.9 Å². The normalized spacial score (nSPS) is 11.6. The van der Waals surface area contributed by atoms with Crippen LogP contribution in [-0.4, -0.2) is 38.1 Å². The van der Waals surface area contributed by atoms with Gasteiger partial charge in [-0.3, -0.25) is 24.2 Å². The Bertz CT molecular complexity index is 1510. The fraction of sp³-hybridized carbons (Fsp3) is 0.138. The van der Waals surface area contributed by atoms with E-state index in [4.69, 9.17) is 4.42 Å². The third-order valence-corrected chi connectivity index (χ3v) is 6.10. The highest BCUT2D eigenvalue weighted by atomic mass is 19.1. The molecule has 0 spiro atoms. The number of halogens is 1. The number of oxazole rings is 1. The highest BCUT2D eigenvalue weighted by Gasteiger charge is 2.34. The molecule has 0 saturated heterocycles. The van der Waals surface area contributed by atoms with Crippen LogP contribution in [0.25, 0.3) is 0 Å². The summed E-state index contributed by atoms with van der Waals surface area (Å²) in [5.41, 5.74) is 2.77. The molecule has 0 bridgehead atoms. The summed E-state index contributed by atoms with van der Waals surface area (Å²) in [6, 6.07) is 17.7.